The number of Topliss-reactive ketones (excluding diaryl/α,β-unsaturated/α-hetero) is 1. The summed E-state index contributed by atoms with van der Waals surface area (Å²) in [6.07, 6.45) is 4.59. The Labute approximate surface area is 171 Å². The number of aliphatic hydroxyl groups is 1. The van der Waals surface area contributed by atoms with Crippen LogP contribution in [0.3, 0.4) is 0 Å². The number of ether oxygens (including phenoxy) is 1. The second-order valence-corrected chi connectivity index (χ2v) is 6.65. The average Bonchev–Trinajstić information content (AvgIpc) is 3.37. The molecule has 1 aromatic carbocycles. The van der Waals surface area contributed by atoms with Gasteiger partial charge in [-0.1, -0.05) is 6.07 Å². The molecule has 2 aromatic heterocycles. The third-order valence-electron chi connectivity index (χ3n) is 4.85. The van der Waals surface area contributed by atoms with Crippen LogP contribution in [0.1, 0.15) is 22.9 Å². The summed E-state index contributed by atoms with van der Waals surface area (Å²) in [5.41, 5.74) is 0.569. The van der Waals surface area contributed by atoms with E-state index in [1.807, 2.05) is 0 Å². The molecule has 1 N–H and O–H groups in total. The van der Waals surface area contributed by atoms with Gasteiger partial charge in [0.25, 0.3) is 11.7 Å². The van der Waals surface area contributed by atoms with Crippen molar-refractivity contribution >= 4 is 17.4 Å². The van der Waals surface area contributed by atoms with Crippen LogP contribution in [0.15, 0.2) is 71.1 Å². The molecule has 0 unspecified atom stereocenters. The first-order chi connectivity index (χ1) is 14.5. The highest BCUT2D eigenvalue weighted by molar-refractivity contribution is 6.46. The molecule has 0 bridgehead atoms. The van der Waals surface area contributed by atoms with Crippen LogP contribution in [0.2, 0.25) is 0 Å². The first kappa shape index (κ1) is 19.4. The molecule has 0 radical (unpaired) electrons. The minimum absolute atomic E-state index is 0.00818. The van der Waals surface area contributed by atoms with Gasteiger partial charge in [-0.25, -0.2) is 4.39 Å². The average molecular weight is 408 g/mol. The number of aliphatic hydroxyl groups excluding tert-OH is 1. The Kier molecular flexibility index (Phi) is 5.05. The highest BCUT2D eigenvalue weighted by Crippen LogP contribution is 2.40. The van der Waals surface area contributed by atoms with Crippen molar-refractivity contribution < 1.29 is 28.2 Å². The van der Waals surface area contributed by atoms with E-state index >= 15 is 0 Å². The predicted molar refractivity (Wildman–Crippen MR) is 104 cm³/mol. The van der Waals surface area contributed by atoms with Crippen molar-refractivity contribution in [1.82, 2.24) is 9.88 Å². The summed E-state index contributed by atoms with van der Waals surface area (Å²) in [6, 6.07) is 9.52. The fraction of sp³-hybridized carbons (Fsp3) is 0.136. The Bertz CT molecular complexity index is 1130. The van der Waals surface area contributed by atoms with E-state index in [-0.39, 0.29) is 23.4 Å². The molecule has 1 saturated heterocycles. The molecular formula is C22H17FN2O5. The lowest BCUT2D eigenvalue weighted by molar-refractivity contribution is -0.140. The number of hydrogen-bond donors (Lipinski definition) is 1. The third kappa shape index (κ3) is 3.32. The number of amides is 1. The number of likely N-dealkylation sites (tertiary alicyclic amines) is 1. The van der Waals surface area contributed by atoms with E-state index in [2.05, 4.69) is 4.98 Å². The number of carbonyl (C=O) groups excluding carboxylic acids is 2. The predicted octanol–water partition coefficient (Wildman–Crippen LogP) is 3.44. The lowest BCUT2D eigenvalue weighted by atomic mass is 9.99. The summed E-state index contributed by atoms with van der Waals surface area (Å²) in [5.74, 6) is -2.59. The molecule has 3 heterocycles. The normalized spacial score (nSPS) is 18.1. The molecule has 3 aromatic rings. The second kappa shape index (κ2) is 7.82. The monoisotopic (exact) mass is 408 g/mol. The molecule has 152 valence electrons. The summed E-state index contributed by atoms with van der Waals surface area (Å²) in [7, 11) is 1.32. The van der Waals surface area contributed by atoms with Crippen molar-refractivity contribution in [3.63, 3.8) is 0 Å². The molecule has 4 rings (SSSR count). The molecule has 30 heavy (non-hydrogen) atoms. The number of rotatable bonds is 5. The van der Waals surface area contributed by atoms with Crippen LogP contribution in [0.25, 0.3) is 5.76 Å². The van der Waals surface area contributed by atoms with Gasteiger partial charge in [0.15, 0.2) is 11.6 Å². The van der Waals surface area contributed by atoms with Crippen LogP contribution < -0.4 is 4.74 Å². The Morgan fingerprint density at radius 1 is 1.27 bits per heavy atom. The maximum Gasteiger partial charge on any atom is 0.296 e. The number of nitrogens with zero attached hydrogens (tertiary/aromatic N) is 2. The quantitative estimate of drug-likeness (QED) is 0.395. The van der Waals surface area contributed by atoms with Gasteiger partial charge in [0, 0.05) is 24.5 Å². The second-order valence-electron chi connectivity index (χ2n) is 6.65. The largest absolute Gasteiger partial charge is 0.507 e. The summed E-state index contributed by atoms with van der Waals surface area (Å²) in [5, 5.41) is 10.9. The smallest absolute Gasteiger partial charge is 0.296 e. The highest BCUT2D eigenvalue weighted by Gasteiger charge is 2.47. The Morgan fingerprint density at radius 2 is 2.10 bits per heavy atom. The lowest BCUT2D eigenvalue weighted by Crippen LogP contribution is -2.29. The SMILES string of the molecule is COc1ccc(C(O)=C2C(=O)C(=O)N(Cc3cccnc3)[C@@H]2c2ccco2)cc1F. The number of hydrogen-bond acceptors (Lipinski definition) is 6. The van der Waals surface area contributed by atoms with Gasteiger partial charge in [0.2, 0.25) is 0 Å². The number of furan rings is 1. The fourth-order valence-electron chi connectivity index (χ4n) is 3.44. The fourth-order valence-corrected chi connectivity index (χ4v) is 3.44. The number of halogens is 1. The lowest BCUT2D eigenvalue weighted by Gasteiger charge is -2.23. The van der Waals surface area contributed by atoms with Crippen molar-refractivity contribution in [3.05, 3.63) is 89.4 Å². The first-order valence-electron chi connectivity index (χ1n) is 9.06. The zero-order chi connectivity index (χ0) is 21.3. The van der Waals surface area contributed by atoms with E-state index in [4.69, 9.17) is 9.15 Å². The van der Waals surface area contributed by atoms with Crippen LogP contribution in [-0.2, 0) is 16.1 Å². The highest BCUT2D eigenvalue weighted by atomic mass is 19.1. The molecule has 0 saturated carbocycles. The molecule has 1 aliphatic rings. The van der Waals surface area contributed by atoms with Crippen molar-refractivity contribution in [2.45, 2.75) is 12.6 Å². The zero-order valence-electron chi connectivity index (χ0n) is 15.9. The van der Waals surface area contributed by atoms with E-state index in [1.54, 1.807) is 36.7 Å². The zero-order valence-corrected chi connectivity index (χ0v) is 15.9. The van der Waals surface area contributed by atoms with E-state index < -0.39 is 29.3 Å². The number of methoxy groups -OCH3 is 1. The van der Waals surface area contributed by atoms with Crippen LogP contribution >= 0.6 is 0 Å². The molecule has 1 atom stereocenters. The van der Waals surface area contributed by atoms with Crippen LogP contribution in [0.5, 0.6) is 5.75 Å². The molecule has 0 spiro atoms. The Hall–Kier alpha value is -3.94. The molecule has 1 amide bonds. The molecule has 0 aliphatic carbocycles. The summed E-state index contributed by atoms with van der Waals surface area (Å²) in [4.78, 5) is 31.0. The van der Waals surface area contributed by atoms with Gasteiger partial charge in [-0.3, -0.25) is 14.6 Å². The maximum absolute atomic E-state index is 14.2. The third-order valence-corrected chi connectivity index (χ3v) is 4.85. The van der Waals surface area contributed by atoms with Crippen molar-refractivity contribution in [1.29, 1.82) is 0 Å². The van der Waals surface area contributed by atoms with E-state index in [0.29, 0.717) is 11.3 Å². The molecule has 7 nitrogen and oxygen atoms in total. The summed E-state index contributed by atoms with van der Waals surface area (Å²) < 4.78 is 24.5. The first-order valence-corrected chi connectivity index (χ1v) is 9.06. The van der Waals surface area contributed by atoms with E-state index in [0.717, 1.165) is 6.07 Å². The maximum atomic E-state index is 14.2. The molecular weight excluding hydrogens is 391 g/mol. The Morgan fingerprint density at radius 3 is 2.73 bits per heavy atom. The number of pyridine rings is 1. The van der Waals surface area contributed by atoms with Crippen molar-refractivity contribution in [2.24, 2.45) is 0 Å². The van der Waals surface area contributed by atoms with Gasteiger partial charge in [0.1, 0.15) is 17.6 Å². The van der Waals surface area contributed by atoms with Crippen LogP contribution in [0.4, 0.5) is 4.39 Å². The van der Waals surface area contributed by atoms with Crippen LogP contribution in [0, 0.1) is 5.82 Å². The molecule has 8 heteroatoms. The molecule has 1 fully saturated rings. The summed E-state index contributed by atoms with van der Waals surface area (Å²) in [6.45, 7) is 0.0809. The van der Waals surface area contributed by atoms with Gasteiger partial charge in [-0.15, -0.1) is 0 Å². The van der Waals surface area contributed by atoms with Gasteiger partial charge >= 0.3 is 0 Å². The number of carbonyl (C=O) groups is 2. The van der Waals surface area contributed by atoms with Crippen LogP contribution in [-0.4, -0.2) is 33.8 Å². The van der Waals surface area contributed by atoms with E-state index in [1.165, 1.54) is 30.4 Å². The number of aromatic nitrogens is 1. The number of ketones is 1. The minimum atomic E-state index is -0.967. The standard InChI is InChI=1S/C22H17FN2O5/c1-29-16-7-6-14(10-15(16)23)20(26)18-19(17-5-3-9-30-17)25(22(28)21(18)27)12-13-4-2-8-24-11-13/h2-11,19,26H,12H2,1H3/t19-/m1/s1. The van der Waals surface area contributed by atoms with Gasteiger partial charge in [-0.05, 0) is 42.0 Å². The summed E-state index contributed by atoms with van der Waals surface area (Å²) >= 11 is 0. The molecule has 1 aliphatic heterocycles. The van der Waals surface area contributed by atoms with Gasteiger partial charge in [-0.2, -0.15) is 0 Å². The van der Waals surface area contributed by atoms with Gasteiger partial charge in [0.05, 0.1) is 18.9 Å². The minimum Gasteiger partial charge on any atom is -0.507 e. The van der Waals surface area contributed by atoms with Gasteiger partial charge < -0.3 is 19.2 Å². The van der Waals surface area contributed by atoms with Crippen molar-refractivity contribution in [3.8, 4) is 5.75 Å². The Balaban J connectivity index is 1.83. The topological polar surface area (TPSA) is 92.9 Å². The van der Waals surface area contributed by atoms with E-state index in [9.17, 15) is 19.1 Å². The number of benzene rings is 1. The van der Waals surface area contributed by atoms with Crippen molar-refractivity contribution in [2.75, 3.05) is 7.11 Å².